The Morgan fingerprint density at radius 2 is 1.84 bits per heavy atom. The quantitative estimate of drug-likeness (QED) is 0.345. The van der Waals surface area contributed by atoms with Gasteiger partial charge in [-0.25, -0.2) is 0 Å². The number of halogens is 2. The molecule has 3 rings (SSSR count). The van der Waals surface area contributed by atoms with E-state index in [1.165, 1.54) is 19.3 Å². The molecule has 0 spiro atoms. The van der Waals surface area contributed by atoms with Crippen molar-refractivity contribution in [2.45, 2.75) is 6.61 Å². The fourth-order valence-electron chi connectivity index (χ4n) is 2.77. The molecule has 1 N–H and O–H groups in total. The Morgan fingerprint density at radius 1 is 1.06 bits per heavy atom. The fraction of sp³-hybridized carbons (Fsp3) is 0.0833. The van der Waals surface area contributed by atoms with Crippen LogP contribution in [0.1, 0.15) is 11.1 Å². The number of hydrogen-bond donors (Lipinski definition) is 1. The zero-order valence-electron chi connectivity index (χ0n) is 16.6. The van der Waals surface area contributed by atoms with Crippen LogP contribution in [0.4, 0.5) is 5.69 Å². The topological polar surface area (TPSA) is 71.3 Å². The van der Waals surface area contributed by atoms with Crippen LogP contribution in [0.3, 0.4) is 0 Å². The van der Waals surface area contributed by atoms with Crippen LogP contribution in [0, 0.1) is 11.3 Å². The van der Waals surface area contributed by atoms with Crippen LogP contribution in [0.2, 0.25) is 10.0 Å². The van der Waals surface area contributed by atoms with Gasteiger partial charge in [0, 0.05) is 11.3 Å². The Bertz CT molecular complexity index is 1160. The number of methoxy groups -OCH3 is 1. The number of carbonyl (C=O) groups excluding carboxylic acids is 1. The first-order valence-electron chi connectivity index (χ1n) is 9.23. The van der Waals surface area contributed by atoms with Crippen molar-refractivity contribution in [2.24, 2.45) is 0 Å². The van der Waals surface area contributed by atoms with Crippen LogP contribution in [0.25, 0.3) is 6.08 Å². The van der Waals surface area contributed by atoms with Gasteiger partial charge in [0.05, 0.1) is 17.2 Å². The first-order chi connectivity index (χ1) is 15.0. The molecule has 1 amide bonds. The third kappa shape index (κ3) is 5.79. The molecule has 0 heterocycles. The summed E-state index contributed by atoms with van der Waals surface area (Å²) in [6, 6.07) is 21.5. The van der Waals surface area contributed by atoms with Gasteiger partial charge < -0.3 is 14.8 Å². The second kappa shape index (κ2) is 10.5. The molecule has 0 atom stereocenters. The molecule has 7 heteroatoms. The van der Waals surface area contributed by atoms with Gasteiger partial charge in [-0.1, -0.05) is 65.7 Å². The van der Waals surface area contributed by atoms with Crippen LogP contribution < -0.4 is 14.8 Å². The molecule has 0 saturated heterocycles. The molecule has 0 aromatic heterocycles. The lowest BCUT2D eigenvalue weighted by atomic mass is 10.1. The van der Waals surface area contributed by atoms with Crippen molar-refractivity contribution in [1.82, 2.24) is 0 Å². The van der Waals surface area contributed by atoms with Crippen LogP contribution in [0.5, 0.6) is 11.5 Å². The van der Waals surface area contributed by atoms with E-state index in [1.807, 2.05) is 36.4 Å². The zero-order valence-corrected chi connectivity index (χ0v) is 18.1. The summed E-state index contributed by atoms with van der Waals surface area (Å²) in [4.78, 5) is 12.6. The SMILES string of the molecule is COc1cccc(/C=C(\C#N)C(=O)Nc2ccc(Cl)c(Cl)c2)c1OCc1ccccc1. The van der Waals surface area contributed by atoms with E-state index in [4.69, 9.17) is 32.7 Å². The summed E-state index contributed by atoms with van der Waals surface area (Å²) in [5.41, 5.74) is 1.83. The van der Waals surface area contributed by atoms with E-state index >= 15 is 0 Å². The third-order valence-corrected chi connectivity index (χ3v) is 5.04. The maximum absolute atomic E-state index is 12.6. The van der Waals surface area contributed by atoms with E-state index in [-0.39, 0.29) is 5.57 Å². The molecular weight excluding hydrogens is 435 g/mol. The molecule has 0 aliphatic carbocycles. The summed E-state index contributed by atoms with van der Waals surface area (Å²) in [7, 11) is 1.53. The highest BCUT2D eigenvalue weighted by Gasteiger charge is 2.15. The number of nitrogens with zero attached hydrogens (tertiary/aromatic N) is 1. The molecule has 0 radical (unpaired) electrons. The first-order valence-corrected chi connectivity index (χ1v) is 9.99. The number of benzene rings is 3. The highest BCUT2D eigenvalue weighted by atomic mass is 35.5. The number of amides is 1. The van der Waals surface area contributed by atoms with Crippen LogP contribution >= 0.6 is 23.2 Å². The zero-order chi connectivity index (χ0) is 22.2. The molecule has 5 nitrogen and oxygen atoms in total. The van der Waals surface area contributed by atoms with E-state index in [1.54, 1.807) is 30.3 Å². The predicted molar refractivity (Wildman–Crippen MR) is 122 cm³/mol. The molecule has 0 bridgehead atoms. The summed E-state index contributed by atoms with van der Waals surface area (Å²) in [5, 5.41) is 12.9. The Kier molecular flexibility index (Phi) is 7.55. The lowest BCUT2D eigenvalue weighted by Crippen LogP contribution is -2.13. The van der Waals surface area contributed by atoms with Gasteiger partial charge in [0.15, 0.2) is 11.5 Å². The molecule has 3 aromatic carbocycles. The number of carbonyl (C=O) groups is 1. The van der Waals surface area contributed by atoms with E-state index in [9.17, 15) is 10.1 Å². The smallest absolute Gasteiger partial charge is 0.266 e. The van der Waals surface area contributed by atoms with Gasteiger partial charge in [-0.15, -0.1) is 0 Å². The van der Waals surface area contributed by atoms with Crippen molar-refractivity contribution in [3.05, 3.63) is 93.5 Å². The average Bonchev–Trinajstić information content (AvgIpc) is 2.79. The van der Waals surface area contributed by atoms with Crippen LogP contribution in [0.15, 0.2) is 72.3 Å². The van der Waals surface area contributed by atoms with Crippen molar-refractivity contribution >= 4 is 40.9 Å². The molecule has 31 heavy (non-hydrogen) atoms. The van der Waals surface area contributed by atoms with Gasteiger partial charge >= 0.3 is 0 Å². The summed E-state index contributed by atoms with van der Waals surface area (Å²) in [6.07, 6.45) is 1.45. The Morgan fingerprint density at radius 3 is 2.52 bits per heavy atom. The average molecular weight is 453 g/mol. The first kappa shape index (κ1) is 22.2. The highest BCUT2D eigenvalue weighted by Crippen LogP contribution is 2.33. The standard InChI is InChI=1S/C24H18Cl2N2O3/c1-30-22-9-5-8-17(23(22)31-15-16-6-3-2-4-7-16)12-18(14-27)24(29)28-19-10-11-20(25)21(26)13-19/h2-13H,15H2,1H3,(H,28,29)/b18-12+. The number of ether oxygens (including phenoxy) is 2. The van der Waals surface area contributed by atoms with Gasteiger partial charge in [-0.2, -0.15) is 5.26 Å². The summed E-state index contributed by atoms with van der Waals surface area (Å²) in [6.45, 7) is 0.305. The van der Waals surface area contributed by atoms with Crippen LogP contribution in [-0.4, -0.2) is 13.0 Å². The van der Waals surface area contributed by atoms with Crippen molar-refractivity contribution < 1.29 is 14.3 Å². The third-order valence-electron chi connectivity index (χ3n) is 4.30. The second-order valence-electron chi connectivity index (χ2n) is 6.41. The minimum Gasteiger partial charge on any atom is -0.493 e. The number of nitriles is 1. The molecule has 0 fully saturated rings. The summed E-state index contributed by atoms with van der Waals surface area (Å²) < 4.78 is 11.4. The van der Waals surface area contributed by atoms with Gasteiger partial charge in [0.2, 0.25) is 0 Å². The van der Waals surface area contributed by atoms with Crippen molar-refractivity contribution in [3.8, 4) is 17.6 Å². The molecule has 0 aliphatic heterocycles. The molecule has 3 aromatic rings. The van der Waals surface area contributed by atoms with E-state index in [2.05, 4.69) is 5.32 Å². The van der Waals surface area contributed by atoms with Gasteiger partial charge in [-0.3, -0.25) is 4.79 Å². The van der Waals surface area contributed by atoms with Gasteiger partial charge in [0.1, 0.15) is 18.2 Å². The minimum atomic E-state index is -0.585. The number of nitrogens with one attached hydrogen (secondary N) is 1. The molecule has 0 saturated carbocycles. The lowest BCUT2D eigenvalue weighted by Gasteiger charge is -2.14. The van der Waals surface area contributed by atoms with E-state index in [0.717, 1.165) is 5.56 Å². The minimum absolute atomic E-state index is 0.108. The number of rotatable bonds is 7. The molecule has 0 aliphatic rings. The molecule has 0 unspecified atom stereocenters. The van der Waals surface area contributed by atoms with E-state index < -0.39 is 5.91 Å². The fourth-order valence-corrected chi connectivity index (χ4v) is 3.07. The number of hydrogen-bond acceptors (Lipinski definition) is 4. The Labute approximate surface area is 190 Å². The summed E-state index contributed by atoms with van der Waals surface area (Å²) >= 11 is 11.9. The van der Waals surface area contributed by atoms with Crippen molar-refractivity contribution in [2.75, 3.05) is 12.4 Å². The normalized spacial score (nSPS) is 10.8. The Balaban J connectivity index is 1.87. The predicted octanol–water partition coefficient (Wildman–Crippen LogP) is 6.13. The van der Waals surface area contributed by atoms with Crippen molar-refractivity contribution in [1.29, 1.82) is 5.26 Å². The number of anilines is 1. The van der Waals surface area contributed by atoms with E-state index in [0.29, 0.717) is 39.4 Å². The molecule has 156 valence electrons. The van der Waals surface area contributed by atoms with Crippen molar-refractivity contribution in [3.63, 3.8) is 0 Å². The maximum atomic E-state index is 12.6. The van der Waals surface area contributed by atoms with Crippen LogP contribution in [-0.2, 0) is 11.4 Å². The second-order valence-corrected chi connectivity index (χ2v) is 7.22. The highest BCUT2D eigenvalue weighted by molar-refractivity contribution is 6.42. The Hall–Kier alpha value is -3.46. The van der Waals surface area contributed by atoms with Gasteiger partial charge in [-0.05, 0) is 35.9 Å². The largest absolute Gasteiger partial charge is 0.493 e. The maximum Gasteiger partial charge on any atom is 0.266 e. The monoisotopic (exact) mass is 452 g/mol. The summed E-state index contributed by atoms with van der Waals surface area (Å²) in [5.74, 6) is 0.341. The molecular formula is C24H18Cl2N2O3. The number of para-hydroxylation sites is 1. The van der Waals surface area contributed by atoms with Gasteiger partial charge in [0.25, 0.3) is 5.91 Å². The lowest BCUT2D eigenvalue weighted by molar-refractivity contribution is -0.112.